The first-order valence-electron chi connectivity index (χ1n) is 7.79. The van der Waals surface area contributed by atoms with Gasteiger partial charge in [0, 0.05) is 18.1 Å². The summed E-state index contributed by atoms with van der Waals surface area (Å²) in [6.45, 7) is 2.78. The van der Waals surface area contributed by atoms with Gasteiger partial charge in [0.15, 0.2) is 0 Å². The van der Waals surface area contributed by atoms with Crippen molar-refractivity contribution in [1.82, 2.24) is 0 Å². The molecule has 0 aliphatic carbocycles. The van der Waals surface area contributed by atoms with E-state index in [0.717, 1.165) is 21.4 Å². The van der Waals surface area contributed by atoms with Crippen molar-refractivity contribution >= 4 is 43.0 Å². The zero-order valence-electron chi connectivity index (χ0n) is 14.2. The molecule has 0 fully saturated rings. The Morgan fingerprint density at radius 2 is 1.88 bits per heavy atom. The molecule has 0 saturated carbocycles. The van der Waals surface area contributed by atoms with Crippen molar-refractivity contribution in [2.75, 3.05) is 34.2 Å². The lowest BCUT2D eigenvalue weighted by Crippen LogP contribution is -2.34. The molecule has 0 spiro atoms. The first-order valence-corrected chi connectivity index (χ1v) is 10.4. The second-order valence-electron chi connectivity index (χ2n) is 5.92. The monoisotopic (exact) mass is 427 g/mol. The Morgan fingerprint density at radius 3 is 2.44 bits per heavy atom. The van der Waals surface area contributed by atoms with E-state index >= 15 is 0 Å². The molecule has 2 aromatic carbocycles. The van der Waals surface area contributed by atoms with Gasteiger partial charge in [-0.3, -0.25) is 14.3 Å². The van der Waals surface area contributed by atoms with E-state index in [-0.39, 0.29) is 5.82 Å². The summed E-state index contributed by atoms with van der Waals surface area (Å²) in [5.74, 6) is -0.278. The molecule has 1 heterocycles. The molecule has 0 N–H and O–H groups in total. The Kier molecular flexibility index (Phi) is 4.68. The highest BCUT2D eigenvalue weighted by Crippen LogP contribution is 2.40. The Hall–Kier alpha value is -1.80. The molecule has 134 valence electrons. The number of rotatable bonds is 4. The molecule has 0 aromatic heterocycles. The van der Waals surface area contributed by atoms with E-state index < -0.39 is 10.0 Å². The third-order valence-corrected chi connectivity index (χ3v) is 6.15. The quantitative estimate of drug-likeness (QED) is 0.744. The van der Waals surface area contributed by atoms with Crippen LogP contribution in [-0.2, 0) is 16.6 Å². The zero-order valence-corrected chi connectivity index (χ0v) is 16.6. The number of hydrazine groups is 1. The zero-order chi connectivity index (χ0) is 18.4. The van der Waals surface area contributed by atoms with Gasteiger partial charge in [-0.15, -0.1) is 0 Å². The molecular weight excluding hydrogens is 409 g/mol. The van der Waals surface area contributed by atoms with Crippen LogP contribution in [0.25, 0.3) is 0 Å². The molecule has 5 nitrogen and oxygen atoms in total. The summed E-state index contributed by atoms with van der Waals surface area (Å²) in [7, 11) is -1.46. The minimum atomic E-state index is -3.37. The molecular formula is C17H19BrFN3O2S. The van der Waals surface area contributed by atoms with Crippen LogP contribution in [0.3, 0.4) is 0 Å². The maximum atomic E-state index is 13.2. The SMILES string of the molecule is CCN(c1cc2c(cc1Br)CN(c1ccc(F)cc1)N2C)S(C)(=O)=O. The third kappa shape index (κ3) is 3.32. The molecule has 0 saturated heterocycles. The van der Waals surface area contributed by atoms with Crippen molar-refractivity contribution in [1.29, 1.82) is 0 Å². The van der Waals surface area contributed by atoms with E-state index in [0.29, 0.717) is 18.8 Å². The Balaban J connectivity index is 2.02. The van der Waals surface area contributed by atoms with Crippen molar-refractivity contribution < 1.29 is 12.8 Å². The van der Waals surface area contributed by atoms with Crippen LogP contribution in [0.5, 0.6) is 0 Å². The number of hydrogen-bond acceptors (Lipinski definition) is 4. The van der Waals surface area contributed by atoms with Crippen LogP contribution in [0, 0.1) is 5.82 Å². The van der Waals surface area contributed by atoms with E-state index in [2.05, 4.69) is 15.9 Å². The van der Waals surface area contributed by atoms with Crippen molar-refractivity contribution in [3.8, 4) is 0 Å². The van der Waals surface area contributed by atoms with Crippen molar-refractivity contribution in [2.24, 2.45) is 0 Å². The van der Waals surface area contributed by atoms with Crippen LogP contribution in [0.2, 0.25) is 0 Å². The molecule has 0 atom stereocenters. The summed E-state index contributed by atoms with van der Waals surface area (Å²) in [5, 5.41) is 3.96. The van der Waals surface area contributed by atoms with Crippen LogP contribution in [0.15, 0.2) is 40.9 Å². The minimum absolute atomic E-state index is 0.278. The number of halogens is 2. The largest absolute Gasteiger partial charge is 0.288 e. The first kappa shape index (κ1) is 18.0. The normalized spacial score (nSPS) is 14.0. The Morgan fingerprint density at radius 1 is 1.24 bits per heavy atom. The lowest BCUT2D eigenvalue weighted by atomic mass is 10.1. The molecule has 0 radical (unpaired) electrons. The Labute approximate surface area is 155 Å². The van der Waals surface area contributed by atoms with Gasteiger partial charge in [-0.1, -0.05) is 0 Å². The van der Waals surface area contributed by atoms with E-state index in [1.54, 1.807) is 19.1 Å². The fourth-order valence-corrected chi connectivity index (χ4v) is 4.77. The van der Waals surface area contributed by atoms with Gasteiger partial charge >= 0.3 is 0 Å². The number of anilines is 3. The van der Waals surface area contributed by atoms with Gasteiger partial charge in [0.25, 0.3) is 0 Å². The molecule has 1 aliphatic rings. The molecule has 8 heteroatoms. The average molecular weight is 428 g/mol. The highest BCUT2D eigenvalue weighted by atomic mass is 79.9. The van der Waals surface area contributed by atoms with Gasteiger partial charge in [-0.25, -0.2) is 12.8 Å². The second-order valence-corrected chi connectivity index (χ2v) is 8.68. The van der Waals surface area contributed by atoms with Crippen LogP contribution >= 0.6 is 15.9 Å². The Bertz CT molecular complexity index is 903. The van der Waals surface area contributed by atoms with Crippen molar-refractivity contribution in [2.45, 2.75) is 13.5 Å². The van der Waals surface area contributed by atoms with Gasteiger partial charge in [0.1, 0.15) is 5.82 Å². The summed E-state index contributed by atoms with van der Waals surface area (Å²) in [6, 6.07) is 10.1. The first-order chi connectivity index (χ1) is 11.7. The predicted molar refractivity (Wildman–Crippen MR) is 103 cm³/mol. The third-order valence-electron chi connectivity index (χ3n) is 4.26. The standard InChI is InChI=1S/C17H19BrFN3O2S/c1-4-22(25(3,23)24)17-10-16-12(9-15(17)18)11-21(20(16)2)14-7-5-13(19)6-8-14/h5-10H,4,11H2,1-3H3. The number of fused-ring (bicyclic) bond motifs is 1. The van der Waals surface area contributed by atoms with Gasteiger partial charge in [0.2, 0.25) is 10.0 Å². The smallest absolute Gasteiger partial charge is 0.232 e. The highest BCUT2D eigenvalue weighted by molar-refractivity contribution is 9.10. The summed E-state index contributed by atoms with van der Waals surface area (Å²) >= 11 is 3.50. The van der Waals surface area contributed by atoms with Gasteiger partial charge in [-0.05, 0) is 64.8 Å². The topological polar surface area (TPSA) is 43.9 Å². The van der Waals surface area contributed by atoms with Crippen LogP contribution in [0.1, 0.15) is 12.5 Å². The number of sulfonamides is 1. The summed E-state index contributed by atoms with van der Waals surface area (Å²) in [6.07, 6.45) is 1.20. The van der Waals surface area contributed by atoms with Gasteiger partial charge in [-0.2, -0.15) is 0 Å². The fourth-order valence-electron chi connectivity index (χ4n) is 3.07. The molecule has 0 bridgehead atoms. The fraction of sp³-hybridized carbons (Fsp3) is 0.294. The molecule has 0 amide bonds. The molecule has 25 heavy (non-hydrogen) atoms. The number of benzene rings is 2. The number of hydrogen-bond donors (Lipinski definition) is 0. The van der Waals surface area contributed by atoms with Gasteiger partial charge in [0.05, 0.1) is 29.9 Å². The number of nitrogens with zero attached hydrogens (tertiary/aromatic N) is 3. The minimum Gasteiger partial charge on any atom is -0.288 e. The van der Waals surface area contributed by atoms with E-state index in [1.165, 1.54) is 22.7 Å². The lowest BCUT2D eigenvalue weighted by molar-refractivity contribution is 0.597. The van der Waals surface area contributed by atoms with Crippen LogP contribution < -0.4 is 14.3 Å². The highest BCUT2D eigenvalue weighted by Gasteiger charge is 2.28. The van der Waals surface area contributed by atoms with E-state index in [1.807, 2.05) is 29.2 Å². The van der Waals surface area contributed by atoms with Crippen LogP contribution in [0.4, 0.5) is 21.5 Å². The maximum absolute atomic E-state index is 13.2. The molecule has 1 aliphatic heterocycles. The van der Waals surface area contributed by atoms with Crippen molar-refractivity contribution in [3.05, 3.63) is 52.3 Å². The molecule has 2 aromatic rings. The average Bonchev–Trinajstić information content (AvgIpc) is 2.84. The second kappa shape index (κ2) is 6.49. The maximum Gasteiger partial charge on any atom is 0.232 e. The summed E-state index contributed by atoms with van der Waals surface area (Å²) in [5.41, 5.74) is 3.46. The van der Waals surface area contributed by atoms with Crippen LogP contribution in [-0.4, -0.2) is 28.3 Å². The molecule has 3 rings (SSSR count). The van der Waals surface area contributed by atoms with E-state index in [4.69, 9.17) is 0 Å². The summed E-state index contributed by atoms with van der Waals surface area (Å²) in [4.78, 5) is 0. The van der Waals surface area contributed by atoms with E-state index in [9.17, 15) is 12.8 Å². The predicted octanol–water partition coefficient (Wildman–Crippen LogP) is 3.75. The summed E-state index contributed by atoms with van der Waals surface area (Å²) < 4.78 is 39.4. The lowest BCUT2D eigenvalue weighted by Gasteiger charge is -2.29. The molecule has 0 unspecified atom stereocenters. The van der Waals surface area contributed by atoms with Gasteiger partial charge < -0.3 is 0 Å². The van der Waals surface area contributed by atoms with Crippen molar-refractivity contribution in [3.63, 3.8) is 0 Å².